The normalized spacial score (nSPS) is 11.4. The van der Waals surface area contributed by atoms with Gasteiger partial charge in [0.2, 0.25) is 0 Å². The van der Waals surface area contributed by atoms with Crippen molar-refractivity contribution in [3.63, 3.8) is 0 Å². The molecule has 2 rings (SSSR count). The largest absolute Gasteiger partial charge is 0.495 e. The van der Waals surface area contributed by atoms with Gasteiger partial charge in [0.1, 0.15) is 5.75 Å². The van der Waals surface area contributed by atoms with E-state index in [-0.39, 0.29) is 5.69 Å². The quantitative estimate of drug-likeness (QED) is 0.843. The number of nitrogens with one attached hydrogen (secondary N) is 1. The van der Waals surface area contributed by atoms with E-state index in [4.69, 9.17) is 21.1 Å². The van der Waals surface area contributed by atoms with Crippen LogP contribution in [0, 0.1) is 0 Å². The van der Waals surface area contributed by atoms with Crippen molar-refractivity contribution in [3.05, 3.63) is 47.5 Å². The molecule has 0 radical (unpaired) electrons. The first-order valence-electron chi connectivity index (χ1n) is 6.62. The molecule has 0 unspecified atom stereocenters. The van der Waals surface area contributed by atoms with Crippen molar-refractivity contribution in [2.24, 2.45) is 0 Å². The highest BCUT2D eigenvalue weighted by Gasteiger charge is 2.21. The predicted octanol–water partition coefficient (Wildman–Crippen LogP) is 2.32. The molecular formula is C15H14ClN3O4. The number of rotatable bonds is 5. The van der Waals surface area contributed by atoms with Crippen LogP contribution in [0.25, 0.3) is 0 Å². The van der Waals surface area contributed by atoms with E-state index in [9.17, 15) is 9.59 Å². The summed E-state index contributed by atoms with van der Waals surface area (Å²) in [5.74, 6) is -0.822. The van der Waals surface area contributed by atoms with Gasteiger partial charge in [-0.1, -0.05) is 11.6 Å². The highest BCUT2D eigenvalue weighted by atomic mass is 35.5. The van der Waals surface area contributed by atoms with Crippen LogP contribution in [0.1, 0.15) is 17.4 Å². The van der Waals surface area contributed by atoms with Crippen LogP contribution in [0.5, 0.6) is 5.75 Å². The Hall–Kier alpha value is -2.67. The van der Waals surface area contributed by atoms with Crippen LogP contribution in [-0.2, 0) is 9.53 Å². The van der Waals surface area contributed by atoms with Crippen LogP contribution in [0.2, 0.25) is 5.02 Å². The molecule has 0 aliphatic heterocycles. The second-order valence-corrected chi connectivity index (χ2v) is 4.91. The monoisotopic (exact) mass is 335 g/mol. The number of hydrogen-bond acceptors (Lipinski definition) is 6. The van der Waals surface area contributed by atoms with Gasteiger partial charge in [0, 0.05) is 17.4 Å². The van der Waals surface area contributed by atoms with Crippen molar-refractivity contribution in [1.82, 2.24) is 9.97 Å². The molecule has 2 aromatic rings. The Morgan fingerprint density at radius 2 is 2.09 bits per heavy atom. The summed E-state index contributed by atoms with van der Waals surface area (Å²) >= 11 is 5.89. The molecule has 1 aromatic carbocycles. The summed E-state index contributed by atoms with van der Waals surface area (Å²) in [4.78, 5) is 31.5. The van der Waals surface area contributed by atoms with E-state index in [0.29, 0.717) is 16.5 Å². The van der Waals surface area contributed by atoms with E-state index in [2.05, 4.69) is 15.3 Å². The number of carbonyl (C=O) groups is 2. The second-order valence-electron chi connectivity index (χ2n) is 4.47. The summed E-state index contributed by atoms with van der Waals surface area (Å²) < 4.78 is 10.2. The molecule has 0 fully saturated rings. The number of ether oxygens (including phenoxy) is 2. The first kappa shape index (κ1) is 16.7. The Morgan fingerprint density at radius 3 is 2.74 bits per heavy atom. The summed E-state index contributed by atoms with van der Waals surface area (Å²) in [5, 5.41) is 3.03. The number of amides is 1. The van der Waals surface area contributed by atoms with Crippen molar-refractivity contribution >= 4 is 29.2 Å². The van der Waals surface area contributed by atoms with E-state index >= 15 is 0 Å². The minimum Gasteiger partial charge on any atom is -0.495 e. The lowest BCUT2D eigenvalue weighted by molar-refractivity contribution is -0.123. The summed E-state index contributed by atoms with van der Waals surface area (Å²) in [7, 11) is 1.47. The zero-order valence-electron chi connectivity index (χ0n) is 12.4. The second kappa shape index (κ2) is 7.55. The van der Waals surface area contributed by atoms with Gasteiger partial charge >= 0.3 is 5.97 Å². The van der Waals surface area contributed by atoms with Crippen LogP contribution in [-0.4, -0.2) is 35.1 Å². The zero-order chi connectivity index (χ0) is 16.8. The molecule has 0 bridgehead atoms. The van der Waals surface area contributed by atoms with Gasteiger partial charge in [0.15, 0.2) is 11.8 Å². The first-order chi connectivity index (χ1) is 11.0. The molecule has 0 aliphatic rings. The van der Waals surface area contributed by atoms with Crippen LogP contribution in [0.3, 0.4) is 0 Å². The van der Waals surface area contributed by atoms with Crippen molar-refractivity contribution < 1.29 is 19.1 Å². The van der Waals surface area contributed by atoms with Gasteiger partial charge in [-0.15, -0.1) is 0 Å². The number of halogens is 1. The molecule has 0 saturated heterocycles. The van der Waals surface area contributed by atoms with E-state index < -0.39 is 18.0 Å². The minimum atomic E-state index is -1.03. The van der Waals surface area contributed by atoms with E-state index in [1.54, 1.807) is 12.1 Å². The van der Waals surface area contributed by atoms with Crippen LogP contribution >= 0.6 is 11.6 Å². The van der Waals surface area contributed by atoms with Gasteiger partial charge in [-0.05, 0) is 25.1 Å². The fourth-order valence-corrected chi connectivity index (χ4v) is 1.86. The molecule has 1 atom stereocenters. The molecule has 1 amide bonds. The molecule has 0 aliphatic carbocycles. The Morgan fingerprint density at radius 1 is 1.30 bits per heavy atom. The molecule has 1 heterocycles. The van der Waals surface area contributed by atoms with Crippen molar-refractivity contribution in [2.75, 3.05) is 12.4 Å². The molecule has 1 N–H and O–H groups in total. The zero-order valence-corrected chi connectivity index (χ0v) is 13.2. The number of esters is 1. The molecule has 7 nitrogen and oxygen atoms in total. The number of hydrogen-bond donors (Lipinski definition) is 1. The number of benzene rings is 1. The average Bonchev–Trinajstić information content (AvgIpc) is 2.55. The fourth-order valence-electron chi connectivity index (χ4n) is 1.69. The topological polar surface area (TPSA) is 90.4 Å². The third-order valence-corrected chi connectivity index (χ3v) is 3.08. The third kappa shape index (κ3) is 4.40. The van der Waals surface area contributed by atoms with E-state index in [0.717, 1.165) is 0 Å². The summed E-state index contributed by atoms with van der Waals surface area (Å²) in [5.41, 5.74) is 0.403. The Kier molecular flexibility index (Phi) is 5.48. The fraction of sp³-hybridized carbons (Fsp3) is 0.200. The standard InChI is InChI=1S/C15H14ClN3O4/c1-9(23-15(21)12-8-17-5-6-18-12)14(20)19-11-7-10(16)3-4-13(11)22-2/h3-9H,1-2H3,(H,19,20)/t9-/m0/s1. The van der Waals surface area contributed by atoms with E-state index in [1.165, 1.54) is 38.7 Å². The van der Waals surface area contributed by atoms with Gasteiger partial charge < -0.3 is 14.8 Å². The summed E-state index contributed by atoms with van der Waals surface area (Å²) in [6.45, 7) is 1.45. The Balaban J connectivity index is 2.03. The molecular weight excluding hydrogens is 322 g/mol. The molecule has 120 valence electrons. The smallest absolute Gasteiger partial charge is 0.359 e. The lowest BCUT2D eigenvalue weighted by atomic mass is 10.2. The Labute approximate surface area is 137 Å². The van der Waals surface area contributed by atoms with Gasteiger partial charge in [0.05, 0.1) is 19.0 Å². The number of nitrogens with zero attached hydrogens (tertiary/aromatic N) is 2. The van der Waals surface area contributed by atoms with Crippen LogP contribution in [0.4, 0.5) is 5.69 Å². The van der Waals surface area contributed by atoms with Crippen LogP contribution < -0.4 is 10.1 Å². The predicted molar refractivity (Wildman–Crippen MR) is 83.5 cm³/mol. The molecule has 8 heteroatoms. The molecule has 1 aromatic heterocycles. The number of carbonyl (C=O) groups excluding carboxylic acids is 2. The van der Waals surface area contributed by atoms with Gasteiger partial charge in [-0.2, -0.15) is 0 Å². The highest BCUT2D eigenvalue weighted by Crippen LogP contribution is 2.27. The van der Waals surface area contributed by atoms with E-state index in [1.807, 2.05) is 0 Å². The molecule has 23 heavy (non-hydrogen) atoms. The highest BCUT2D eigenvalue weighted by molar-refractivity contribution is 6.31. The maximum absolute atomic E-state index is 12.1. The minimum absolute atomic E-state index is 0.0208. The maximum Gasteiger partial charge on any atom is 0.359 e. The van der Waals surface area contributed by atoms with Gasteiger partial charge in [0.25, 0.3) is 5.91 Å². The number of aromatic nitrogens is 2. The summed E-state index contributed by atoms with van der Waals surface area (Å²) in [6, 6.07) is 4.79. The maximum atomic E-state index is 12.1. The molecule has 0 spiro atoms. The third-order valence-electron chi connectivity index (χ3n) is 2.84. The van der Waals surface area contributed by atoms with Crippen molar-refractivity contribution in [3.8, 4) is 5.75 Å². The lowest BCUT2D eigenvalue weighted by Gasteiger charge is -2.15. The molecule has 0 saturated carbocycles. The van der Waals surface area contributed by atoms with Gasteiger partial charge in [-0.3, -0.25) is 9.78 Å². The van der Waals surface area contributed by atoms with Gasteiger partial charge in [-0.25, -0.2) is 9.78 Å². The summed E-state index contributed by atoms with van der Waals surface area (Å²) in [6.07, 6.45) is 3.01. The van der Waals surface area contributed by atoms with Crippen molar-refractivity contribution in [2.45, 2.75) is 13.0 Å². The first-order valence-corrected chi connectivity index (χ1v) is 7.00. The SMILES string of the molecule is COc1ccc(Cl)cc1NC(=O)[C@H](C)OC(=O)c1cnccn1. The average molecular weight is 336 g/mol. The van der Waals surface area contributed by atoms with Crippen LogP contribution in [0.15, 0.2) is 36.8 Å². The number of anilines is 1. The lowest BCUT2D eigenvalue weighted by Crippen LogP contribution is -2.30. The number of methoxy groups -OCH3 is 1. The Bertz CT molecular complexity index is 709. The van der Waals surface area contributed by atoms with Crippen molar-refractivity contribution in [1.29, 1.82) is 0 Å².